The summed E-state index contributed by atoms with van der Waals surface area (Å²) < 4.78 is 1.99. The Morgan fingerprint density at radius 3 is 2.31 bits per heavy atom. The lowest BCUT2D eigenvalue weighted by Gasteiger charge is -2.10. The van der Waals surface area contributed by atoms with Gasteiger partial charge in [0.15, 0.2) is 0 Å². The maximum absolute atomic E-state index is 10.4. The van der Waals surface area contributed by atoms with Crippen LogP contribution >= 0.6 is 0 Å². The Kier molecular flexibility index (Phi) is 5.30. The zero-order chi connectivity index (χ0) is 24.6. The van der Waals surface area contributed by atoms with E-state index in [4.69, 9.17) is 15.0 Å². The van der Waals surface area contributed by atoms with Gasteiger partial charge in [0.2, 0.25) is 0 Å². The summed E-state index contributed by atoms with van der Waals surface area (Å²) in [6.45, 7) is 2.09. The number of phenols is 1. The van der Waals surface area contributed by atoms with Crippen LogP contribution in [0.15, 0.2) is 103 Å². The van der Waals surface area contributed by atoms with Gasteiger partial charge in [-0.25, -0.2) is 4.98 Å². The molecule has 0 aliphatic carbocycles. The Hall–Kier alpha value is -4.77. The van der Waals surface area contributed by atoms with E-state index >= 15 is 0 Å². The average molecular weight is 469 g/mol. The molecule has 36 heavy (non-hydrogen) atoms. The summed E-state index contributed by atoms with van der Waals surface area (Å²) in [5.74, 6) is 0.897. The number of benzene rings is 3. The number of nitrogens with zero attached hydrogens (tertiary/aromatic N) is 4. The molecule has 0 atom stereocenters. The highest BCUT2D eigenvalue weighted by Gasteiger charge is 2.17. The van der Waals surface area contributed by atoms with Crippen LogP contribution in [-0.4, -0.2) is 24.6 Å². The van der Waals surface area contributed by atoms with E-state index in [1.807, 2.05) is 60.3 Å². The summed E-state index contributed by atoms with van der Waals surface area (Å²) >= 11 is 0. The van der Waals surface area contributed by atoms with Gasteiger partial charge >= 0.3 is 0 Å². The van der Waals surface area contributed by atoms with Gasteiger partial charge < -0.3 is 9.67 Å². The molecule has 0 aliphatic rings. The van der Waals surface area contributed by atoms with Gasteiger partial charge in [-0.15, -0.1) is 0 Å². The molecule has 0 saturated heterocycles. The van der Waals surface area contributed by atoms with E-state index in [1.54, 1.807) is 12.3 Å². The minimum Gasteiger partial charge on any atom is -0.507 e. The molecule has 0 fully saturated rings. The molecule has 1 N–H and O–H groups in total. The number of aromatic nitrogens is 4. The van der Waals surface area contributed by atoms with Crippen molar-refractivity contribution >= 4 is 11.0 Å². The van der Waals surface area contributed by atoms with Gasteiger partial charge in [-0.2, -0.15) is 0 Å². The molecular weight excluding hydrogens is 444 g/mol. The molecule has 0 amide bonds. The second-order valence-corrected chi connectivity index (χ2v) is 8.87. The summed E-state index contributed by atoms with van der Waals surface area (Å²) in [7, 11) is 1.96. The Morgan fingerprint density at radius 2 is 1.47 bits per heavy atom. The van der Waals surface area contributed by atoms with Crippen LogP contribution in [0.1, 0.15) is 5.56 Å². The lowest BCUT2D eigenvalue weighted by atomic mass is 9.98. The van der Waals surface area contributed by atoms with E-state index in [0.29, 0.717) is 11.4 Å². The third-order valence-electron chi connectivity index (χ3n) is 6.56. The molecule has 6 rings (SSSR count). The first kappa shape index (κ1) is 21.7. The first-order valence-electron chi connectivity index (χ1n) is 11.8. The normalized spacial score (nSPS) is 11.2. The van der Waals surface area contributed by atoms with Crippen molar-refractivity contribution in [1.29, 1.82) is 0 Å². The monoisotopic (exact) mass is 468 g/mol. The van der Waals surface area contributed by atoms with Crippen molar-refractivity contribution in [3.8, 4) is 50.8 Å². The molecule has 0 saturated carbocycles. The second-order valence-electron chi connectivity index (χ2n) is 8.87. The molecule has 0 bridgehead atoms. The molecule has 3 aromatic heterocycles. The standard InChI is InChI=1S/C31H24N4O/c1-20-19-33-26(18-25(20)21-9-4-3-5-10-21)22-11-8-12-23(17-22)29-30-27(15-16-32-29)35(2)31(34-30)24-13-6-7-14-28(24)36/h3-19,36H,1-2H3. The van der Waals surface area contributed by atoms with E-state index in [1.165, 1.54) is 11.1 Å². The van der Waals surface area contributed by atoms with Crippen LogP contribution in [0.25, 0.3) is 56.1 Å². The maximum Gasteiger partial charge on any atom is 0.144 e. The third kappa shape index (κ3) is 3.71. The molecule has 0 radical (unpaired) electrons. The minimum atomic E-state index is 0.201. The molecular formula is C31H24N4O. The van der Waals surface area contributed by atoms with E-state index < -0.39 is 0 Å². The zero-order valence-electron chi connectivity index (χ0n) is 20.1. The van der Waals surface area contributed by atoms with Crippen molar-refractivity contribution in [3.05, 3.63) is 109 Å². The van der Waals surface area contributed by atoms with Gasteiger partial charge in [-0.05, 0) is 53.9 Å². The summed E-state index contributed by atoms with van der Waals surface area (Å²) in [6, 6.07) is 30.0. The molecule has 3 aromatic carbocycles. The average Bonchev–Trinajstić information content (AvgIpc) is 3.26. The number of phenolic OH excluding ortho intramolecular Hbond substituents is 1. The number of rotatable bonds is 4. The topological polar surface area (TPSA) is 63.8 Å². The van der Waals surface area contributed by atoms with Crippen LogP contribution in [0, 0.1) is 6.92 Å². The number of para-hydroxylation sites is 1. The predicted octanol–water partition coefficient (Wildman–Crippen LogP) is 7.05. The van der Waals surface area contributed by atoms with Crippen LogP contribution in [-0.2, 0) is 7.05 Å². The zero-order valence-corrected chi connectivity index (χ0v) is 20.1. The molecule has 6 aromatic rings. The Morgan fingerprint density at radius 1 is 0.722 bits per heavy atom. The van der Waals surface area contributed by atoms with Crippen LogP contribution in [0.2, 0.25) is 0 Å². The summed E-state index contributed by atoms with van der Waals surface area (Å²) in [6.07, 6.45) is 3.74. The Bertz CT molecular complexity index is 1720. The van der Waals surface area contributed by atoms with Crippen molar-refractivity contribution in [2.45, 2.75) is 6.92 Å². The molecule has 0 spiro atoms. The van der Waals surface area contributed by atoms with Gasteiger partial charge in [-0.1, -0.05) is 60.7 Å². The highest BCUT2D eigenvalue weighted by molar-refractivity contribution is 5.93. The van der Waals surface area contributed by atoms with E-state index in [0.717, 1.165) is 39.1 Å². The number of pyridine rings is 2. The SMILES string of the molecule is Cc1cnc(-c2cccc(-c3nccc4c3nc(-c3ccccc3O)n4C)c2)cc1-c1ccccc1. The molecule has 5 nitrogen and oxygen atoms in total. The maximum atomic E-state index is 10.4. The molecule has 174 valence electrons. The summed E-state index contributed by atoms with van der Waals surface area (Å²) in [5.41, 5.74) is 9.58. The number of imidazole rings is 1. The van der Waals surface area contributed by atoms with E-state index in [-0.39, 0.29) is 5.75 Å². The number of hydrogen-bond donors (Lipinski definition) is 1. The van der Waals surface area contributed by atoms with Gasteiger partial charge in [0.05, 0.1) is 22.5 Å². The fourth-order valence-electron chi connectivity index (χ4n) is 4.67. The number of aromatic hydroxyl groups is 1. The number of fused-ring (bicyclic) bond motifs is 1. The van der Waals surface area contributed by atoms with Crippen molar-refractivity contribution < 1.29 is 5.11 Å². The Balaban J connectivity index is 1.47. The third-order valence-corrected chi connectivity index (χ3v) is 6.56. The van der Waals surface area contributed by atoms with E-state index in [2.05, 4.69) is 49.4 Å². The first-order valence-corrected chi connectivity index (χ1v) is 11.8. The van der Waals surface area contributed by atoms with Gasteiger partial charge in [0, 0.05) is 30.6 Å². The fourth-order valence-corrected chi connectivity index (χ4v) is 4.67. The highest BCUT2D eigenvalue weighted by atomic mass is 16.3. The highest BCUT2D eigenvalue weighted by Crippen LogP contribution is 2.35. The van der Waals surface area contributed by atoms with Crippen molar-refractivity contribution in [1.82, 2.24) is 19.5 Å². The van der Waals surface area contributed by atoms with Gasteiger partial charge in [-0.3, -0.25) is 9.97 Å². The van der Waals surface area contributed by atoms with Crippen molar-refractivity contribution in [2.24, 2.45) is 7.05 Å². The molecule has 0 aliphatic heterocycles. The van der Waals surface area contributed by atoms with Crippen molar-refractivity contribution in [3.63, 3.8) is 0 Å². The van der Waals surface area contributed by atoms with E-state index in [9.17, 15) is 5.11 Å². The first-order chi connectivity index (χ1) is 17.6. The smallest absolute Gasteiger partial charge is 0.144 e. The molecule has 0 unspecified atom stereocenters. The lowest BCUT2D eigenvalue weighted by molar-refractivity contribution is 0.476. The largest absolute Gasteiger partial charge is 0.507 e. The van der Waals surface area contributed by atoms with Crippen molar-refractivity contribution in [2.75, 3.05) is 0 Å². The van der Waals surface area contributed by atoms with Crippen LogP contribution in [0.3, 0.4) is 0 Å². The minimum absolute atomic E-state index is 0.201. The predicted molar refractivity (Wildman–Crippen MR) is 144 cm³/mol. The van der Waals surface area contributed by atoms with Gasteiger partial charge in [0.1, 0.15) is 17.1 Å². The van der Waals surface area contributed by atoms with Crippen LogP contribution in [0.5, 0.6) is 5.75 Å². The summed E-state index contributed by atoms with van der Waals surface area (Å²) in [5, 5.41) is 10.4. The molecule has 5 heteroatoms. The van der Waals surface area contributed by atoms with Crippen LogP contribution in [0.4, 0.5) is 0 Å². The number of hydrogen-bond acceptors (Lipinski definition) is 4. The Labute approximate surface area is 209 Å². The lowest BCUT2D eigenvalue weighted by Crippen LogP contribution is -1.93. The molecule has 3 heterocycles. The fraction of sp³-hybridized carbons (Fsp3) is 0.0645. The summed E-state index contributed by atoms with van der Waals surface area (Å²) in [4.78, 5) is 14.3. The second kappa shape index (κ2) is 8.78. The number of aryl methyl sites for hydroxylation is 2. The van der Waals surface area contributed by atoms with Gasteiger partial charge in [0.25, 0.3) is 0 Å². The quantitative estimate of drug-likeness (QED) is 0.301. The van der Waals surface area contributed by atoms with Crippen LogP contribution < -0.4 is 0 Å².